The van der Waals surface area contributed by atoms with Crippen LogP contribution in [0, 0.1) is 29.1 Å². The molecule has 3 aromatic heterocycles. The van der Waals surface area contributed by atoms with Gasteiger partial charge in [0.2, 0.25) is 5.91 Å². The molecule has 7 atom stereocenters. The fraction of sp³-hybridized carbons (Fsp3) is 0.604. The second kappa shape index (κ2) is 20.0. The van der Waals surface area contributed by atoms with Crippen molar-refractivity contribution in [1.29, 1.82) is 0 Å². The standard InChI is InChI=1S/C53H69N9O7S/c1-9-61-42-13-12-35-25-38(42)40(46(61)39-22-34(27-54-43(39)33(4)66-8)11-10-32(3)59-16-14-58(7)15-17-59)26-53(5,6)30-69-52(65)44-36-23-37(24-36)62(57-44)51(64)45(56-49(63)48-31(2)28-68-48)47(50-55-41(35)29-70-50)60-18-20-67-21-19-60/h12-13,22,25,27,29,31-33,36-37,44-45,47-48,57H,9,14-21,23-24,26,28,30H2,1-8H3,(H,56,63)/t31-,32+,33-,36?,37?,44-,45-,47-,48-/m0/s1. The number of amides is 2. The maximum atomic E-state index is 15.2. The van der Waals surface area contributed by atoms with Gasteiger partial charge in [-0.25, -0.2) is 10.4 Å². The Morgan fingerprint density at radius 1 is 1.09 bits per heavy atom. The summed E-state index contributed by atoms with van der Waals surface area (Å²) in [4.78, 5) is 61.1. The first-order valence-electron chi connectivity index (χ1n) is 25.3. The van der Waals surface area contributed by atoms with Gasteiger partial charge < -0.3 is 33.7 Å². The fourth-order valence-corrected chi connectivity index (χ4v) is 12.2. The van der Waals surface area contributed by atoms with Crippen molar-refractivity contribution in [3.8, 4) is 34.4 Å². The van der Waals surface area contributed by atoms with Gasteiger partial charge in [-0.05, 0) is 76.8 Å². The van der Waals surface area contributed by atoms with E-state index in [0.717, 1.165) is 76.4 Å². The first-order valence-corrected chi connectivity index (χ1v) is 26.2. The lowest BCUT2D eigenvalue weighted by Crippen LogP contribution is -2.72. The number of thiazole rings is 1. The number of cyclic esters (lactones) is 1. The summed E-state index contributed by atoms with van der Waals surface area (Å²) in [6, 6.07) is 6.28. The molecule has 16 nitrogen and oxygen atoms in total. The number of morpholine rings is 1. The number of carbonyl (C=O) groups excluding carboxylic acids is 3. The Kier molecular flexibility index (Phi) is 14.0. The summed E-state index contributed by atoms with van der Waals surface area (Å²) < 4.78 is 26.3. The third-order valence-electron chi connectivity index (χ3n) is 15.6. The average molecular weight is 976 g/mol. The quantitative estimate of drug-likeness (QED) is 0.179. The summed E-state index contributed by atoms with van der Waals surface area (Å²) >= 11 is 1.49. The van der Waals surface area contributed by atoms with Crippen molar-refractivity contribution in [2.75, 3.05) is 79.9 Å². The van der Waals surface area contributed by atoms with Crippen LogP contribution in [0.5, 0.6) is 0 Å². The minimum atomic E-state index is -1.04. The summed E-state index contributed by atoms with van der Waals surface area (Å²) in [6.45, 7) is 20.0. The van der Waals surface area contributed by atoms with E-state index in [1.807, 2.05) is 20.0 Å². The number of methoxy groups -OCH3 is 1. The number of likely N-dealkylation sites (N-methyl/N-ethyl adjacent to an activating group) is 1. The summed E-state index contributed by atoms with van der Waals surface area (Å²) in [6.07, 6.45) is 2.77. The topological polar surface area (TPSA) is 156 Å². The van der Waals surface area contributed by atoms with Crippen molar-refractivity contribution in [2.45, 2.75) is 110 Å². The molecule has 374 valence electrons. The van der Waals surface area contributed by atoms with Gasteiger partial charge in [0.05, 0.1) is 61.7 Å². The van der Waals surface area contributed by atoms with Gasteiger partial charge in [-0.2, -0.15) is 0 Å². The number of fused-ring (bicyclic) bond motifs is 4. The van der Waals surface area contributed by atoms with Crippen molar-refractivity contribution in [2.24, 2.45) is 17.3 Å². The number of benzene rings is 1. The van der Waals surface area contributed by atoms with E-state index in [-0.39, 0.29) is 48.4 Å². The van der Waals surface area contributed by atoms with Crippen LogP contribution in [0.15, 0.2) is 35.8 Å². The van der Waals surface area contributed by atoms with Crippen LogP contribution in [-0.2, 0) is 46.3 Å². The number of aryl methyl sites for hydroxylation is 1. The van der Waals surface area contributed by atoms with Gasteiger partial charge in [0.25, 0.3) is 5.91 Å². The number of hydrazine groups is 1. The average Bonchev–Trinajstić information content (AvgIpc) is 3.95. The molecule has 9 heterocycles. The van der Waals surface area contributed by atoms with Crippen LogP contribution in [0.4, 0.5) is 0 Å². The lowest BCUT2D eigenvalue weighted by Gasteiger charge is -2.53. The van der Waals surface area contributed by atoms with Crippen LogP contribution in [0.1, 0.15) is 88.4 Å². The highest BCUT2D eigenvalue weighted by Gasteiger charge is 2.53. The Bertz CT molecular complexity index is 2670. The second-order valence-electron chi connectivity index (χ2n) is 21.2. The lowest BCUT2D eigenvalue weighted by atomic mass is 9.73. The molecule has 6 fully saturated rings. The zero-order chi connectivity index (χ0) is 49.0. The van der Waals surface area contributed by atoms with Crippen molar-refractivity contribution in [1.82, 2.24) is 45.0 Å². The predicted molar refractivity (Wildman–Crippen MR) is 267 cm³/mol. The summed E-state index contributed by atoms with van der Waals surface area (Å²) in [5.41, 5.74) is 10.3. The molecule has 70 heavy (non-hydrogen) atoms. The summed E-state index contributed by atoms with van der Waals surface area (Å²) in [7, 11) is 3.88. The van der Waals surface area contributed by atoms with Crippen molar-refractivity contribution >= 4 is 40.0 Å². The highest BCUT2D eigenvalue weighted by molar-refractivity contribution is 7.10. The van der Waals surface area contributed by atoms with Gasteiger partial charge in [-0.15, -0.1) is 11.3 Å². The number of nitrogens with one attached hydrogen (secondary N) is 2. The number of pyridine rings is 1. The number of esters is 1. The molecule has 1 aromatic carbocycles. The van der Waals surface area contributed by atoms with Crippen LogP contribution in [0.3, 0.4) is 0 Å². The van der Waals surface area contributed by atoms with Gasteiger partial charge >= 0.3 is 5.97 Å². The largest absolute Gasteiger partial charge is 0.464 e. The van der Waals surface area contributed by atoms with E-state index in [4.69, 9.17) is 28.9 Å². The smallest absolute Gasteiger partial charge is 0.325 e. The number of rotatable bonds is 8. The van der Waals surface area contributed by atoms with Crippen LogP contribution in [0.25, 0.3) is 33.4 Å². The molecule has 6 aliphatic heterocycles. The van der Waals surface area contributed by atoms with E-state index in [1.165, 1.54) is 11.3 Å². The van der Waals surface area contributed by atoms with E-state index >= 15 is 4.79 Å². The zero-order valence-corrected chi connectivity index (χ0v) is 42.8. The normalized spacial score (nSPS) is 28.4. The number of piperazine rings is 1. The Hall–Kier alpha value is -4.77. The second-order valence-corrected chi connectivity index (χ2v) is 22.0. The Labute approximate surface area is 415 Å². The third-order valence-corrected chi connectivity index (χ3v) is 16.5. The highest BCUT2D eigenvalue weighted by atomic mass is 32.1. The minimum absolute atomic E-state index is 0.0133. The van der Waals surface area contributed by atoms with Gasteiger partial charge in [-0.3, -0.25) is 34.2 Å². The lowest BCUT2D eigenvalue weighted by molar-refractivity contribution is -0.174. The molecule has 1 saturated carbocycles. The predicted octanol–water partition coefficient (Wildman–Crippen LogP) is 5.05. The summed E-state index contributed by atoms with van der Waals surface area (Å²) in [5.74, 6) is 6.05. The van der Waals surface area contributed by atoms with Crippen molar-refractivity contribution in [3.63, 3.8) is 0 Å². The highest BCUT2D eigenvalue weighted by Crippen LogP contribution is 2.44. The number of aromatic nitrogens is 3. The monoisotopic (exact) mass is 976 g/mol. The molecule has 2 N–H and O–H groups in total. The van der Waals surface area contributed by atoms with Gasteiger partial charge in [0, 0.05) is 109 Å². The number of hydrogen-bond acceptors (Lipinski definition) is 14. The maximum absolute atomic E-state index is 15.2. The van der Waals surface area contributed by atoms with Crippen LogP contribution >= 0.6 is 11.3 Å². The number of carbonyl (C=O) groups is 3. The summed E-state index contributed by atoms with van der Waals surface area (Å²) in [5, 5.41) is 8.61. The number of ether oxygens (including phenoxy) is 4. The van der Waals surface area contributed by atoms with Crippen LogP contribution in [-0.4, -0.2) is 162 Å². The zero-order valence-electron chi connectivity index (χ0n) is 42.0. The first-order chi connectivity index (χ1) is 33.7. The van der Waals surface area contributed by atoms with E-state index < -0.39 is 35.6 Å². The number of nitrogens with zero attached hydrogens (tertiary/aromatic N) is 7. The van der Waals surface area contributed by atoms with Crippen LogP contribution in [0.2, 0.25) is 0 Å². The maximum Gasteiger partial charge on any atom is 0.325 e. The van der Waals surface area contributed by atoms with E-state index in [9.17, 15) is 9.59 Å². The molecular weight excluding hydrogens is 907 g/mol. The van der Waals surface area contributed by atoms with Crippen LogP contribution < -0.4 is 10.7 Å². The van der Waals surface area contributed by atoms with Crippen molar-refractivity contribution < 1.29 is 33.3 Å². The molecule has 0 radical (unpaired) electrons. The fourth-order valence-electron chi connectivity index (χ4n) is 11.2. The molecule has 8 bridgehead atoms. The molecular formula is C53H69N9O7S. The molecule has 4 aromatic rings. The Morgan fingerprint density at radius 3 is 2.56 bits per heavy atom. The Balaban J connectivity index is 1.12. The van der Waals surface area contributed by atoms with E-state index in [2.05, 4.69) is 106 Å². The molecule has 0 spiro atoms. The minimum Gasteiger partial charge on any atom is -0.464 e. The molecule has 7 aliphatic rings. The molecule has 0 unspecified atom stereocenters. The molecule has 2 amide bonds. The first kappa shape index (κ1) is 48.8. The van der Waals surface area contributed by atoms with Gasteiger partial charge in [0.1, 0.15) is 23.2 Å². The molecule has 5 saturated heterocycles. The molecule has 11 rings (SSSR count). The molecule has 1 aliphatic carbocycles. The molecule has 17 heteroatoms. The van der Waals surface area contributed by atoms with E-state index in [1.54, 1.807) is 12.1 Å². The Morgan fingerprint density at radius 2 is 1.86 bits per heavy atom. The van der Waals surface area contributed by atoms with E-state index in [0.29, 0.717) is 63.7 Å². The van der Waals surface area contributed by atoms with Gasteiger partial charge in [0.15, 0.2) is 0 Å². The third kappa shape index (κ3) is 9.42. The SMILES string of the molecule is CCn1c(-c2cc(C#C[C@@H](C)N3CCN(C)CC3)cnc2[C@H](C)OC)c2c3cc(ccc31)-c1csc(n1)[C@@H](N1CCOCC1)[C@H](NC(=O)[C@H]1OC[C@@H]1C)C(=O)N1N[C@H](C(=O)OCC(C)(C)C2)C2CC1C2. The van der Waals surface area contributed by atoms with Crippen molar-refractivity contribution in [3.05, 3.63) is 57.7 Å². The number of hydrogen-bond donors (Lipinski definition) is 2. The van der Waals surface area contributed by atoms with Gasteiger partial charge in [-0.1, -0.05) is 38.7 Å².